The molecule has 5 aromatic rings. The van der Waals surface area contributed by atoms with Crippen molar-refractivity contribution in [3.63, 3.8) is 0 Å². The summed E-state index contributed by atoms with van der Waals surface area (Å²) in [6.07, 6.45) is 0. The van der Waals surface area contributed by atoms with E-state index in [1.807, 2.05) is 42.5 Å². The van der Waals surface area contributed by atoms with Gasteiger partial charge in [0.25, 0.3) is 5.91 Å². The first kappa shape index (κ1) is 24.0. The van der Waals surface area contributed by atoms with Gasteiger partial charge in [0, 0.05) is 10.6 Å². The molecule has 0 fully saturated rings. The number of hydrogen-bond acceptors (Lipinski definition) is 7. The van der Waals surface area contributed by atoms with Gasteiger partial charge in [-0.1, -0.05) is 71.1 Å². The van der Waals surface area contributed by atoms with Crippen LogP contribution in [-0.2, 0) is 11.3 Å². The Hall–Kier alpha value is -3.73. The highest BCUT2D eigenvalue weighted by atomic mass is 35.5. The maximum Gasteiger partial charge on any atom is 0.251 e. The number of carbonyl (C=O) groups excluding carboxylic acids is 2. The smallest absolute Gasteiger partial charge is 0.251 e. The average Bonchev–Trinajstić information content (AvgIpc) is 3.49. The summed E-state index contributed by atoms with van der Waals surface area (Å²) in [6.45, 7) is 0.145. The van der Waals surface area contributed by atoms with Crippen LogP contribution in [0.1, 0.15) is 16.2 Å². The van der Waals surface area contributed by atoms with E-state index in [1.54, 1.807) is 41.0 Å². The Morgan fingerprint density at radius 2 is 1.78 bits per heavy atom. The van der Waals surface area contributed by atoms with Crippen molar-refractivity contribution in [3.8, 4) is 5.69 Å². The van der Waals surface area contributed by atoms with Crippen LogP contribution in [0, 0.1) is 0 Å². The Labute approximate surface area is 219 Å². The van der Waals surface area contributed by atoms with Crippen molar-refractivity contribution in [2.75, 3.05) is 11.1 Å². The minimum absolute atomic E-state index is 0.102. The minimum Gasteiger partial charge on any atom is -0.345 e. The summed E-state index contributed by atoms with van der Waals surface area (Å²) in [7, 11) is 0. The number of thiazole rings is 1. The first-order chi connectivity index (χ1) is 17.6. The molecule has 2 aromatic heterocycles. The van der Waals surface area contributed by atoms with Crippen molar-refractivity contribution in [2.45, 2.75) is 11.7 Å². The summed E-state index contributed by atoms with van der Waals surface area (Å²) in [5, 5.41) is 15.9. The Morgan fingerprint density at radius 3 is 2.58 bits per heavy atom. The van der Waals surface area contributed by atoms with Crippen LogP contribution < -0.4 is 10.6 Å². The lowest BCUT2D eigenvalue weighted by molar-refractivity contribution is -0.113. The zero-order valence-electron chi connectivity index (χ0n) is 18.7. The maximum atomic E-state index is 12.6. The number of amides is 2. The van der Waals surface area contributed by atoms with Gasteiger partial charge in [-0.25, -0.2) is 4.98 Å². The standard InChI is InChI=1S/C25H19ClN6O2S2/c26-17-9-6-10-18(13-17)32-21(14-27-23(34)16-7-2-1-3-8-16)30-31-25(32)35-15-22(33)29-24-28-19-11-4-5-12-20(19)36-24/h1-13H,14-15H2,(H,27,34)(H,28,29,33). The molecule has 5 rings (SSSR count). The van der Waals surface area contributed by atoms with Crippen LogP contribution in [0.3, 0.4) is 0 Å². The zero-order chi connectivity index (χ0) is 24.9. The number of anilines is 1. The normalized spacial score (nSPS) is 10.9. The monoisotopic (exact) mass is 534 g/mol. The molecule has 180 valence electrons. The van der Waals surface area contributed by atoms with Crippen molar-refractivity contribution in [1.82, 2.24) is 25.1 Å². The molecule has 0 saturated heterocycles. The molecule has 2 amide bonds. The van der Waals surface area contributed by atoms with Crippen LogP contribution in [-0.4, -0.2) is 37.3 Å². The van der Waals surface area contributed by atoms with E-state index in [0.29, 0.717) is 26.7 Å². The van der Waals surface area contributed by atoms with E-state index < -0.39 is 0 Å². The molecule has 2 N–H and O–H groups in total. The fourth-order valence-electron chi connectivity index (χ4n) is 3.44. The summed E-state index contributed by atoms with van der Waals surface area (Å²) < 4.78 is 2.79. The lowest BCUT2D eigenvalue weighted by Gasteiger charge is -2.11. The molecule has 36 heavy (non-hydrogen) atoms. The largest absolute Gasteiger partial charge is 0.345 e. The molecule has 0 aliphatic carbocycles. The first-order valence-corrected chi connectivity index (χ1v) is 13.1. The summed E-state index contributed by atoms with van der Waals surface area (Å²) in [5.74, 6) is 0.181. The first-order valence-electron chi connectivity index (χ1n) is 10.9. The number of benzene rings is 3. The number of nitrogens with zero attached hydrogens (tertiary/aromatic N) is 4. The van der Waals surface area contributed by atoms with Gasteiger partial charge in [0.05, 0.1) is 28.2 Å². The second-order valence-electron chi connectivity index (χ2n) is 7.59. The van der Waals surface area contributed by atoms with E-state index in [0.717, 1.165) is 15.9 Å². The van der Waals surface area contributed by atoms with Crippen LogP contribution in [0.4, 0.5) is 5.13 Å². The fourth-order valence-corrected chi connectivity index (χ4v) is 5.28. The van der Waals surface area contributed by atoms with Crippen LogP contribution in [0.15, 0.2) is 84.0 Å². The Bertz CT molecular complexity index is 1500. The lowest BCUT2D eigenvalue weighted by atomic mass is 10.2. The van der Waals surface area contributed by atoms with Gasteiger partial charge in [-0.3, -0.25) is 14.2 Å². The molecule has 11 heteroatoms. The number of carbonyl (C=O) groups is 2. The quantitative estimate of drug-likeness (QED) is 0.266. The van der Waals surface area contributed by atoms with Crippen molar-refractivity contribution >= 4 is 61.9 Å². The van der Waals surface area contributed by atoms with E-state index >= 15 is 0 Å². The van der Waals surface area contributed by atoms with Crippen molar-refractivity contribution < 1.29 is 9.59 Å². The Balaban J connectivity index is 1.31. The van der Waals surface area contributed by atoms with Gasteiger partial charge in [-0.2, -0.15) is 0 Å². The number of rotatable bonds is 8. The Morgan fingerprint density at radius 1 is 0.972 bits per heavy atom. The second kappa shape index (κ2) is 10.9. The molecular weight excluding hydrogens is 516 g/mol. The topological polar surface area (TPSA) is 102 Å². The highest BCUT2D eigenvalue weighted by Crippen LogP contribution is 2.27. The van der Waals surface area contributed by atoms with Crippen LogP contribution in [0.2, 0.25) is 5.02 Å². The van der Waals surface area contributed by atoms with E-state index in [9.17, 15) is 9.59 Å². The van der Waals surface area contributed by atoms with E-state index in [-0.39, 0.29) is 24.1 Å². The molecule has 2 heterocycles. The molecule has 0 spiro atoms. The van der Waals surface area contributed by atoms with Crippen LogP contribution in [0.25, 0.3) is 15.9 Å². The average molecular weight is 535 g/mol. The number of aromatic nitrogens is 4. The van der Waals surface area contributed by atoms with E-state index in [1.165, 1.54) is 23.1 Å². The number of thioether (sulfide) groups is 1. The van der Waals surface area contributed by atoms with Gasteiger partial charge in [-0.05, 0) is 42.5 Å². The zero-order valence-corrected chi connectivity index (χ0v) is 21.1. The van der Waals surface area contributed by atoms with Crippen molar-refractivity contribution in [1.29, 1.82) is 0 Å². The summed E-state index contributed by atoms with van der Waals surface area (Å²) in [4.78, 5) is 29.6. The predicted octanol–water partition coefficient (Wildman–Crippen LogP) is 5.19. The van der Waals surface area contributed by atoms with E-state index in [2.05, 4.69) is 25.8 Å². The summed E-state index contributed by atoms with van der Waals surface area (Å²) in [5.41, 5.74) is 2.12. The molecule has 0 unspecified atom stereocenters. The molecule has 3 aromatic carbocycles. The molecule has 0 aliphatic rings. The van der Waals surface area contributed by atoms with Gasteiger partial charge in [0.2, 0.25) is 5.91 Å². The predicted molar refractivity (Wildman–Crippen MR) is 143 cm³/mol. The number of fused-ring (bicyclic) bond motifs is 1. The SMILES string of the molecule is O=C(CSc1nnc(CNC(=O)c2ccccc2)n1-c1cccc(Cl)c1)Nc1nc2ccccc2s1. The van der Waals surface area contributed by atoms with Crippen molar-refractivity contribution in [3.05, 3.63) is 95.3 Å². The summed E-state index contributed by atoms with van der Waals surface area (Å²) in [6, 6.07) is 23.9. The van der Waals surface area contributed by atoms with Gasteiger partial charge in [-0.15, -0.1) is 10.2 Å². The molecule has 0 radical (unpaired) electrons. The van der Waals surface area contributed by atoms with Gasteiger partial charge in [0.1, 0.15) is 0 Å². The number of para-hydroxylation sites is 1. The fraction of sp³-hybridized carbons (Fsp3) is 0.0800. The third-order valence-corrected chi connectivity index (χ3v) is 7.20. The van der Waals surface area contributed by atoms with Crippen molar-refractivity contribution in [2.24, 2.45) is 0 Å². The molecule has 8 nitrogen and oxygen atoms in total. The Kier molecular flexibility index (Phi) is 7.26. The van der Waals surface area contributed by atoms with Crippen LogP contribution in [0.5, 0.6) is 0 Å². The number of halogens is 1. The third-order valence-electron chi connectivity index (χ3n) is 5.08. The minimum atomic E-state index is -0.222. The van der Waals surface area contributed by atoms with Gasteiger partial charge < -0.3 is 10.6 Å². The van der Waals surface area contributed by atoms with Gasteiger partial charge >= 0.3 is 0 Å². The van der Waals surface area contributed by atoms with E-state index in [4.69, 9.17) is 11.6 Å². The second-order valence-corrected chi connectivity index (χ2v) is 10.00. The lowest BCUT2D eigenvalue weighted by Crippen LogP contribution is -2.24. The molecule has 0 atom stereocenters. The number of nitrogens with one attached hydrogen (secondary N) is 2. The molecular formula is C25H19ClN6O2S2. The molecule has 0 saturated carbocycles. The number of hydrogen-bond donors (Lipinski definition) is 2. The molecule has 0 aliphatic heterocycles. The third kappa shape index (κ3) is 5.56. The molecule has 0 bridgehead atoms. The van der Waals surface area contributed by atoms with Gasteiger partial charge in [0.15, 0.2) is 16.1 Å². The summed E-state index contributed by atoms with van der Waals surface area (Å²) >= 11 is 8.88. The highest BCUT2D eigenvalue weighted by molar-refractivity contribution is 7.99. The van der Waals surface area contributed by atoms with Crippen LogP contribution >= 0.6 is 34.7 Å². The highest BCUT2D eigenvalue weighted by Gasteiger charge is 2.18. The maximum absolute atomic E-state index is 12.6.